The lowest BCUT2D eigenvalue weighted by atomic mass is 9.98. The lowest BCUT2D eigenvalue weighted by Crippen LogP contribution is -2.44. The van der Waals surface area contributed by atoms with Gasteiger partial charge in [-0.2, -0.15) is 0 Å². The fraction of sp³-hybridized carbons (Fsp3) is 0.600. The van der Waals surface area contributed by atoms with Gasteiger partial charge >= 0.3 is 0 Å². The first-order valence-electron chi connectivity index (χ1n) is 7.20. The fourth-order valence-electron chi connectivity index (χ4n) is 2.58. The van der Waals surface area contributed by atoms with Crippen LogP contribution in [0.5, 0.6) is 0 Å². The maximum absolute atomic E-state index is 12.7. The Labute approximate surface area is 129 Å². The van der Waals surface area contributed by atoms with Crippen molar-refractivity contribution in [3.63, 3.8) is 0 Å². The number of hydrogen-bond acceptors (Lipinski definition) is 3. The highest BCUT2D eigenvalue weighted by Gasteiger charge is 2.24. The Balaban J connectivity index is 2.09. The van der Waals surface area contributed by atoms with Crippen LogP contribution < -0.4 is 5.32 Å². The van der Waals surface area contributed by atoms with Gasteiger partial charge in [0.05, 0.1) is 5.56 Å². The molecule has 2 heterocycles. The molecular weight excluding hydrogens is 318 g/mol. The SMILES string of the molecule is CC(C)N(CC1CCCNC1)C(=O)c1cncc(Br)c1. The summed E-state index contributed by atoms with van der Waals surface area (Å²) in [6.07, 6.45) is 5.73. The van der Waals surface area contributed by atoms with Crippen molar-refractivity contribution >= 4 is 21.8 Å². The summed E-state index contributed by atoms with van der Waals surface area (Å²) >= 11 is 3.37. The Bertz CT molecular complexity index is 458. The van der Waals surface area contributed by atoms with Crippen molar-refractivity contribution in [3.05, 3.63) is 28.5 Å². The summed E-state index contributed by atoms with van der Waals surface area (Å²) in [6.45, 7) is 7.06. The normalized spacial score (nSPS) is 19.1. The maximum atomic E-state index is 12.7. The van der Waals surface area contributed by atoms with Gasteiger partial charge in [-0.15, -0.1) is 0 Å². The first-order valence-corrected chi connectivity index (χ1v) is 7.99. The number of aromatic nitrogens is 1. The van der Waals surface area contributed by atoms with Gasteiger partial charge in [0.25, 0.3) is 5.91 Å². The molecule has 1 fully saturated rings. The van der Waals surface area contributed by atoms with E-state index in [1.807, 2.05) is 11.0 Å². The summed E-state index contributed by atoms with van der Waals surface area (Å²) in [5.41, 5.74) is 0.650. The summed E-state index contributed by atoms with van der Waals surface area (Å²) in [5.74, 6) is 0.620. The van der Waals surface area contributed by atoms with Crippen LogP contribution in [0.1, 0.15) is 37.0 Å². The third-order valence-electron chi connectivity index (χ3n) is 3.69. The van der Waals surface area contributed by atoms with Crippen LogP contribution in [0.4, 0.5) is 0 Å². The minimum absolute atomic E-state index is 0.0689. The molecule has 0 spiro atoms. The minimum atomic E-state index is 0.0689. The largest absolute Gasteiger partial charge is 0.336 e. The second-order valence-corrected chi connectivity index (χ2v) is 6.57. The molecule has 1 aromatic heterocycles. The van der Waals surface area contributed by atoms with Gasteiger partial charge in [0.15, 0.2) is 0 Å². The molecule has 4 nitrogen and oxygen atoms in total. The van der Waals surface area contributed by atoms with Crippen LogP contribution in [0.2, 0.25) is 0 Å². The van der Waals surface area contributed by atoms with Gasteiger partial charge in [-0.1, -0.05) is 0 Å². The average molecular weight is 340 g/mol. The summed E-state index contributed by atoms with van der Waals surface area (Å²) in [6, 6.07) is 2.03. The van der Waals surface area contributed by atoms with Crippen LogP contribution in [-0.2, 0) is 0 Å². The van der Waals surface area contributed by atoms with Crippen LogP contribution >= 0.6 is 15.9 Å². The van der Waals surface area contributed by atoms with Crippen molar-refractivity contribution < 1.29 is 4.79 Å². The molecule has 1 amide bonds. The molecule has 1 saturated heterocycles. The van der Waals surface area contributed by atoms with Crippen LogP contribution in [0.3, 0.4) is 0 Å². The van der Waals surface area contributed by atoms with Crippen LogP contribution in [0, 0.1) is 5.92 Å². The van der Waals surface area contributed by atoms with Gasteiger partial charge in [0.1, 0.15) is 0 Å². The van der Waals surface area contributed by atoms with Crippen LogP contribution in [0.15, 0.2) is 22.9 Å². The summed E-state index contributed by atoms with van der Waals surface area (Å²) in [7, 11) is 0. The average Bonchev–Trinajstić information content (AvgIpc) is 2.45. The van der Waals surface area contributed by atoms with Crippen LogP contribution in [0.25, 0.3) is 0 Å². The monoisotopic (exact) mass is 339 g/mol. The molecule has 2 rings (SSSR count). The molecular formula is C15H22BrN3O. The molecule has 1 aliphatic heterocycles. The van der Waals surface area contributed by atoms with Gasteiger partial charge < -0.3 is 10.2 Å². The minimum Gasteiger partial charge on any atom is -0.336 e. The number of halogens is 1. The number of carbonyl (C=O) groups excluding carboxylic acids is 1. The third kappa shape index (κ3) is 4.03. The molecule has 20 heavy (non-hydrogen) atoms. The molecule has 1 atom stereocenters. The van der Waals surface area contributed by atoms with E-state index >= 15 is 0 Å². The highest BCUT2D eigenvalue weighted by Crippen LogP contribution is 2.17. The Morgan fingerprint density at radius 2 is 2.35 bits per heavy atom. The number of hydrogen-bond donors (Lipinski definition) is 1. The molecule has 5 heteroatoms. The zero-order valence-electron chi connectivity index (χ0n) is 12.1. The highest BCUT2D eigenvalue weighted by molar-refractivity contribution is 9.10. The molecule has 1 N–H and O–H groups in total. The van der Waals surface area contributed by atoms with E-state index in [0.29, 0.717) is 11.5 Å². The van der Waals surface area contributed by atoms with E-state index in [9.17, 15) is 4.79 Å². The first-order chi connectivity index (χ1) is 9.58. The Morgan fingerprint density at radius 1 is 1.55 bits per heavy atom. The lowest BCUT2D eigenvalue weighted by Gasteiger charge is -2.33. The second kappa shape index (κ2) is 7.18. The topological polar surface area (TPSA) is 45.2 Å². The van der Waals surface area contributed by atoms with E-state index in [2.05, 4.69) is 40.1 Å². The third-order valence-corrected chi connectivity index (χ3v) is 4.12. The van der Waals surface area contributed by atoms with Crippen molar-refractivity contribution in [3.8, 4) is 0 Å². The number of nitrogens with zero attached hydrogens (tertiary/aromatic N) is 2. The molecule has 0 saturated carbocycles. The first kappa shape index (κ1) is 15.4. The zero-order chi connectivity index (χ0) is 14.5. The van der Waals surface area contributed by atoms with Gasteiger partial charge in [0, 0.05) is 29.5 Å². The van der Waals surface area contributed by atoms with Crippen molar-refractivity contribution in [2.45, 2.75) is 32.7 Å². The molecule has 110 valence electrons. The van der Waals surface area contributed by atoms with Gasteiger partial charge in [-0.05, 0) is 67.7 Å². The number of amides is 1. The van der Waals surface area contributed by atoms with E-state index in [0.717, 1.165) is 24.1 Å². The molecule has 0 aromatic carbocycles. The lowest BCUT2D eigenvalue weighted by molar-refractivity contribution is 0.0660. The fourth-order valence-corrected chi connectivity index (χ4v) is 2.95. The number of rotatable bonds is 4. The Kier molecular flexibility index (Phi) is 5.54. The predicted molar refractivity (Wildman–Crippen MR) is 83.7 cm³/mol. The number of nitrogens with one attached hydrogen (secondary N) is 1. The highest BCUT2D eigenvalue weighted by atomic mass is 79.9. The number of carbonyl (C=O) groups is 1. The number of pyridine rings is 1. The van der Waals surface area contributed by atoms with E-state index in [-0.39, 0.29) is 11.9 Å². The summed E-state index contributed by atoms with van der Waals surface area (Å²) < 4.78 is 0.839. The van der Waals surface area contributed by atoms with Gasteiger partial charge in [-0.25, -0.2) is 0 Å². The van der Waals surface area contributed by atoms with Gasteiger partial charge in [0.2, 0.25) is 0 Å². The standard InChI is InChI=1S/C15H22BrN3O/c1-11(2)19(10-12-4-3-5-17-7-12)15(20)13-6-14(16)9-18-8-13/h6,8-9,11-12,17H,3-5,7,10H2,1-2H3. The molecule has 0 radical (unpaired) electrons. The quantitative estimate of drug-likeness (QED) is 0.917. The van der Waals surface area contributed by atoms with Crippen molar-refractivity contribution in [2.75, 3.05) is 19.6 Å². The van der Waals surface area contributed by atoms with E-state index in [1.165, 1.54) is 12.8 Å². The van der Waals surface area contributed by atoms with E-state index in [1.54, 1.807) is 12.4 Å². The predicted octanol–water partition coefficient (Wildman–Crippen LogP) is 2.69. The van der Waals surface area contributed by atoms with E-state index in [4.69, 9.17) is 0 Å². The van der Waals surface area contributed by atoms with Crippen molar-refractivity contribution in [1.29, 1.82) is 0 Å². The number of piperidine rings is 1. The molecule has 0 aliphatic carbocycles. The maximum Gasteiger partial charge on any atom is 0.255 e. The van der Waals surface area contributed by atoms with Gasteiger partial charge in [-0.3, -0.25) is 9.78 Å². The second-order valence-electron chi connectivity index (χ2n) is 5.66. The van der Waals surface area contributed by atoms with Crippen molar-refractivity contribution in [1.82, 2.24) is 15.2 Å². The zero-order valence-corrected chi connectivity index (χ0v) is 13.7. The molecule has 1 aliphatic rings. The Hall–Kier alpha value is -0.940. The van der Waals surface area contributed by atoms with E-state index < -0.39 is 0 Å². The van der Waals surface area contributed by atoms with Crippen molar-refractivity contribution in [2.24, 2.45) is 5.92 Å². The smallest absolute Gasteiger partial charge is 0.255 e. The Morgan fingerprint density at radius 3 is 2.95 bits per heavy atom. The summed E-state index contributed by atoms with van der Waals surface area (Å²) in [4.78, 5) is 18.7. The molecule has 1 aromatic rings. The summed E-state index contributed by atoms with van der Waals surface area (Å²) in [5, 5.41) is 3.41. The molecule has 0 bridgehead atoms. The van der Waals surface area contributed by atoms with Crippen LogP contribution in [-0.4, -0.2) is 41.5 Å². The molecule has 1 unspecified atom stereocenters.